The van der Waals surface area contributed by atoms with Crippen molar-refractivity contribution < 1.29 is 9.53 Å². The van der Waals surface area contributed by atoms with Crippen molar-refractivity contribution >= 4 is 17.5 Å². The van der Waals surface area contributed by atoms with Crippen LogP contribution >= 0.6 is 11.6 Å². The van der Waals surface area contributed by atoms with Crippen LogP contribution in [0, 0.1) is 13.8 Å². The fourth-order valence-corrected chi connectivity index (χ4v) is 2.28. The van der Waals surface area contributed by atoms with Crippen molar-refractivity contribution in [3.63, 3.8) is 0 Å². The number of aryl methyl sites for hydroxylation is 2. The maximum absolute atomic E-state index is 11.2. The third kappa shape index (κ3) is 3.11. The van der Waals surface area contributed by atoms with E-state index in [1.807, 2.05) is 38.1 Å². The average molecular weight is 290 g/mol. The number of nitrogens with two attached hydrogens (primary N) is 1. The first-order chi connectivity index (χ1) is 9.49. The molecule has 104 valence electrons. The average Bonchev–Trinajstić information content (AvgIpc) is 2.39. The Labute approximate surface area is 123 Å². The van der Waals surface area contributed by atoms with Gasteiger partial charge in [-0.05, 0) is 43.2 Å². The van der Waals surface area contributed by atoms with Crippen molar-refractivity contribution in [2.75, 3.05) is 0 Å². The van der Waals surface area contributed by atoms with Gasteiger partial charge in [-0.3, -0.25) is 4.79 Å². The zero-order chi connectivity index (χ0) is 14.7. The highest BCUT2D eigenvalue weighted by atomic mass is 35.5. The summed E-state index contributed by atoms with van der Waals surface area (Å²) in [5.41, 5.74) is 8.46. The number of halogens is 1. The molecule has 0 aliphatic carbocycles. The molecule has 2 aromatic carbocycles. The molecule has 0 fully saturated rings. The van der Waals surface area contributed by atoms with Crippen molar-refractivity contribution in [2.24, 2.45) is 5.73 Å². The Morgan fingerprint density at radius 1 is 1.20 bits per heavy atom. The number of hydrogen-bond acceptors (Lipinski definition) is 2. The van der Waals surface area contributed by atoms with Gasteiger partial charge in [-0.2, -0.15) is 0 Å². The summed E-state index contributed by atoms with van der Waals surface area (Å²) in [7, 11) is 0. The highest BCUT2D eigenvalue weighted by molar-refractivity contribution is 6.31. The van der Waals surface area contributed by atoms with Crippen LogP contribution in [0.1, 0.15) is 27.0 Å². The van der Waals surface area contributed by atoms with Gasteiger partial charge in [0.2, 0.25) is 5.91 Å². The molecule has 0 saturated heterocycles. The maximum Gasteiger partial charge on any atom is 0.248 e. The molecule has 0 radical (unpaired) electrons. The highest BCUT2D eigenvalue weighted by Crippen LogP contribution is 2.26. The van der Waals surface area contributed by atoms with Gasteiger partial charge in [0, 0.05) is 16.1 Å². The predicted molar refractivity (Wildman–Crippen MR) is 80.2 cm³/mol. The quantitative estimate of drug-likeness (QED) is 0.934. The summed E-state index contributed by atoms with van der Waals surface area (Å²) < 4.78 is 5.83. The minimum Gasteiger partial charge on any atom is -0.488 e. The summed E-state index contributed by atoms with van der Waals surface area (Å²) in [5.74, 6) is 0.323. The van der Waals surface area contributed by atoms with Gasteiger partial charge in [-0.15, -0.1) is 0 Å². The molecule has 0 aliphatic rings. The molecule has 1 amide bonds. The first-order valence-electron chi connectivity index (χ1n) is 6.26. The second-order valence-electron chi connectivity index (χ2n) is 4.68. The summed E-state index contributed by atoms with van der Waals surface area (Å²) in [4.78, 5) is 11.2. The van der Waals surface area contributed by atoms with Gasteiger partial charge in [0.15, 0.2) is 0 Å². The van der Waals surface area contributed by atoms with Gasteiger partial charge in [-0.1, -0.05) is 29.8 Å². The Morgan fingerprint density at radius 2 is 1.80 bits per heavy atom. The number of amides is 1. The van der Waals surface area contributed by atoms with Crippen LogP contribution in [0.4, 0.5) is 0 Å². The minimum atomic E-state index is -0.436. The lowest BCUT2D eigenvalue weighted by Gasteiger charge is -2.14. The standard InChI is InChI=1S/C16H16ClNO2/c1-10-7-13(16(18)19)8-11(2)15(10)20-9-12-5-3-4-6-14(12)17/h3-8H,9H2,1-2H3,(H2,18,19). The van der Waals surface area contributed by atoms with Crippen molar-refractivity contribution in [1.82, 2.24) is 0 Å². The summed E-state index contributed by atoms with van der Waals surface area (Å²) in [5, 5.41) is 0.677. The maximum atomic E-state index is 11.2. The normalized spacial score (nSPS) is 10.3. The van der Waals surface area contributed by atoms with E-state index in [0.717, 1.165) is 22.4 Å². The molecular weight excluding hydrogens is 274 g/mol. The molecule has 0 atom stereocenters. The lowest BCUT2D eigenvalue weighted by atomic mass is 10.1. The minimum absolute atomic E-state index is 0.386. The molecule has 0 unspecified atom stereocenters. The largest absolute Gasteiger partial charge is 0.488 e. The Kier molecular flexibility index (Phi) is 4.30. The summed E-state index contributed by atoms with van der Waals surface area (Å²) in [6.07, 6.45) is 0. The van der Waals surface area contributed by atoms with Gasteiger partial charge in [0.05, 0.1) is 0 Å². The predicted octanol–water partition coefficient (Wildman–Crippen LogP) is 3.63. The van der Waals surface area contributed by atoms with E-state index in [4.69, 9.17) is 22.1 Å². The molecule has 2 aromatic rings. The van der Waals surface area contributed by atoms with Gasteiger partial charge in [0.1, 0.15) is 12.4 Å². The second-order valence-corrected chi connectivity index (χ2v) is 5.09. The van der Waals surface area contributed by atoms with Crippen molar-refractivity contribution in [2.45, 2.75) is 20.5 Å². The van der Waals surface area contributed by atoms with E-state index in [0.29, 0.717) is 17.2 Å². The molecule has 0 spiro atoms. The highest BCUT2D eigenvalue weighted by Gasteiger charge is 2.10. The molecule has 0 heterocycles. The van der Waals surface area contributed by atoms with Crippen LogP contribution in [0.5, 0.6) is 5.75 Å². The molecule has 0 bridgehead atoms. The molecule has 4 heteroatoms. The van der Waals surface area contributed by atoms with E-state index in [2.05, 4.69) is 0 Å². The fourth-order valence-electron chi connectivity index (χ4n) is 2.09. The summed E-state index contributed by atoms with van der Waals surface area (Å²) >= 11 is 6.10. The number of rotatable bonds is 4. The topological polar surface area (TPSA) is 52.3 Å². The Morgan fingerprint density at radius 3 is 2.35 bits per heavy atom. The van der Waals surface area contributed by atoms with E-state index in [-0.39, 0.29) is 0 Å². The molecule has 0 saturated carbocycles. The summed E-state index contributed by atoms with van der Waals surface area (Å²) in [6.45, 7) is 4.17. The van der Waals surface area contributed by atoms with Crippen molar-refractivity contribution in [3.05, 3.63) is 63.7 Å². The third-order valence-corrected chi connectivity index (χ3v) is 3.44. The molecule has 0 aliphatic heterocycles. The van der Waals surface area contributed by atoms with Gasteiger partial charge in [0.25, 0.3) is 0 Å². The molecule has 2 rings (SSSR count). The number of hydrogen-bond donors (Lipinski definition) is 1. The molecular formula is C16H16ClNO2. The van der Waals surface area contributed by atoms with Gasteiger partial charge >= 0.3 is 0 Å². The van der Waals surface area contributed by atoms with Crippen molar-refractivity contribution in [3.8, 4) is 5.75 Å². The third-order valence-electron chi connectivity index (χ3n) is 3.07. The summed E-state index contributed by atoms with van der Waals surface area (Å²) in [6, 6.07) is 11.0. The van der Waals surface area contributed by atoms with Crippen LogP contribution in [-0.2, 0) is 6.61 Å². The molecule has 2 N–H and O–H groups in total. The Bertz CT molecular complexity index is 630. The molecule has 20 heavy (non-hydrogen) atoms. The number of primary amides is 1. The monoisotopic (exact) mass is 289 g/mol. The van der Waals surface area contributed by atoms with Crippen LogP contribution in [0.25, 0.3) is 0 Å². The number of ether oxygens (including phenoxy) is 1. The second kappa shape index (κ2) is 5.97. The first-order valence-corrected chi connectivity index (χ1v) is 6.64. The van der Waals surface area contributed by atoms with Crippen LogP contribution in [-0.4, -0.2) is 5.91 Å². The zero-order valence-electron chi connectivity index (χ0n) is 11.4. The zero-order valence-corrected chi connectivity index (χ0v) is 12.2. The van der Waals surface area contributed by atoms with E-state index in [1.54, 1.807) is 12.1 Å². The van der Waals surface area contributed by atoms with Crippen LogP contribution < -0.4 is 10.5 Å². The fraction of sp³-hybridized carbons (Fsp3) is 0.188. The van der Waals surface area contributed by atoms with E-state index < -0.39 is 5.91 Å². The first kappa shape index (κ1) is 14.4. The van der Waals surface area contributed by atoms with E-state index in [9.17, 15) is 4.79 Å². The lowest BCUT2D eigenvalue weighted by Crippen LogP contribution is -2.12. The van der Waals surface area contributed by atoms with Gasteiger partial charge < -0.3 is 10.5 Å². The van der Waals surface area contributed by atoms with Crippen molar-refractivity contribution in [1.29, 1.82) is 0 Å². The SMILES string of the molecule is Cc1cc(C(N)=O)cc(C)c1OCc1ccccc1Cl. The smallest absolute Gasteiger partial charge is 0.248 e. The van der Waals surface area contributed by atoms with Crippen LogP contribution in [0.15, 0.2) is 36.4 Å². The molecule has 3 nitrogen and oxygen atoms in total. The van der Waals surface area contributed by atoms with Crippen LogP contribution in [0.2, 0.25) is 5.02 Å². The number of carbonyl (C=O) groups is 1. The number of carbonyl (C=O) groups excluding carboxylic acids is 1. The van der Waals surface area contributed by atoms with E-state index >= 15 is 0 Å². The number of benzene rings is 2. The van der Waals surface area contributed by atoms with Crippen LogP contribution in [0.3, 0.4) is 0 Å². The molecule has 0 aromatic heterocycles. The lowest BCUT2D eigenvalue weighted by molar-refractivity contribution is 0.1000. The Balaban J connectivity index is 2.22. The Hall–Kier alpha value is -2.00. The van der Waals surface area contributed by atoms with E-state index in [1.165, 1.54) is 0 Å². The van der Waals surface area contributed by atoms with Gasteiger partial charge in [-0.25, -0.2) is 0 Å².